The Labute approximate surface area is 97.2 Å². The summed E-state index contributed by atoms with van der Waals surface area (Å²) in [4.78, 5) is 26.4. The van der Waals surface area contributed by atoms with Crippen molar-refractivity contribution in [2.45, 2.75) is 0 Å². The van der Waals surface area contributed by atoms with Gasteiger partial charge in [-0.1, -0.05) is 18.3 Å². The number of hydrogen-bond donors (Lipinski definition) is 3. The molecule has 0 radical (unpaired) electrons. The first-order chi connectivity index (χ1) is 7.59. The zero-order chi connectivity index (χ0) is 12.0. The zero-order valence-electron chi connectivity index (χ0n) is 8.27. The topological polar surface area (TPSA) is 97.1 Å². The van der Waals surface area contributed by atoms with Crippen LogP contribution in [-0.2, 0) is 9.59 Å². The standard InChI is InChI=1S/C9H10N4O2S/c10-6(16)5-12-8(14)9(15)13-7-3-1-2-4-11-7/h1-4H,5H2,(H2,10,16)(H,12,14)(H,11,13,15). The van der Waals surface area contributed by atoms with Gasteiger partial charge in [0.2, 0.25) is 0 Å². The van der Waals surface area contributed by atoms with Crippen LogP contribution in [0, 0.1) is 0 Å². The summed E-state index contributed by atoms with van der Waals surface area (Å²) in [6, 6.07) is 4.96. The summed E-state index contributed by atoms with van der Waals surface area (Å²) in [7, 11) is 0. The van der Waals surface area contributed by atoms with Crippen LogP contribution in [-0.4, -0.2) is 28.3 Å². The molecule has 1 rings (SSSR count). The molecule has 0 unspecified atom stereocenters. The van der Waals surface area contributed by atoms with Crippen molar-refractivity contribution in [3.05, 3.63) is 24.4 Å². The van der Waals surface area contributed by atoms with Gasteiger partial charge < -0.3 is 16.4 Å². The van der Waals surface area contributed by atoms with Gasteiger partial charge in [-0.25, -0.2) is 4.98 Å². The fraction of sp³-hybridized carbons (Fsp3) is 0.111. The minimum Gasteiger partial charge on any atom is -0.392 e. The van der Waals surface area contributed by atoms with Crippen molar-refractivity contribution < 1.29 is 9.59 Å². The second-order valence-corrected chi connectivity index (χ2v) is 3.34. The maximum atomic E-state index is 11.3. The summed E-state index contributed by atoms with van der Waals surface area (Å²) in [5, 5.41) is 4.58. The number of amides is 2. The van der Waals surface area contributed by atoms with Crippen LogP contribution < -0.4 is 16.4 Å². The second-order valence-electron chi connectivity index (χ2n) is 2.82. The largest absolute Gasteiger partial charge is 0.392 e. The molecule has 2 amide bonds. The molecule has 0 aromatic carbocycles. The number of hydrogen-bond acceptors (Lipinski definition) is 4. The van der Waals surface area contributed by atoms with Gasteiger partial charge in [0.25, 0.3) is 0 Å². The molecule has 0 aliphatic carbocycles. The predicted molar refractivity (Wildman–Crippen MR) is 62.7 cm³/mol. The Morgan fingerprint density at radius 3 is 2.69 bits per heavy atom. The van der Waals surface area contributed by atoms with Gasteiger partial charge in [0.1, 0.15) is 5.82 Å². The highest BCUT2D eigenvalue weighted by atomic mass is 32.1. The summed E-state index contributed by atoms with van der Waals surface area (Å²) < 4.78 is 0. The lowest BCUT2D eigenvalue weighted by atomic mass is 10.4. The second kappa shape index (κ2) is 5.76. The van der Waals surface area contributed by atoms with Crippen LogP contribution in [0.4, 0.5) is 5.82 Å². The van der Waals surface area contributed by atoms with Crippen LogP contribution in [0.15, 0.2) is 24.4 Å². The third-order valence-corrected chi connectivity index (χ3v) is 1.68. The minimum absolute atomic E-state index is 0.0101. The van der Waals surface area contributed by atoms with Crippen molar-refractivity contribution in [2.75, 3.05) is 11.9 Å². The van der Waals surface area contributed by atoms with Crippen LogP contribution in [0.5, 0.6) is 0 Å². The van der Waals surface area contributed by atoms with Crippen molar-refractivity contribution >= 4 is 34.8 Å². The third-order valence-electron chi connectivity index (χ3n) is 1.54. The highest BCUT2D eigenvalue weighted by molar-refractivity contribution is 7.80. The number of rotatable bonds is 3. The maximum absolute atomic E-state index is 11.3. The number of nitrogens with one attached hydrogen (secondary N) is 2. The number of nitrogens with two attached hydrogens (primary N) is 1. The van der Waals surface area contributed by atoms with Crippen LogP contribution in [0.1, 0.15) is 0 Å². The molecule has 1 aromatic heterocycles. The average molecular weight is 238 g/mol. The zero-order valence-corrected chi connectivity index (χ0v) is 9.08. The van der Waals surface area contributed by atoms with Gasteiger partial charge in [-0.05, 0) is 12.1 Å². The van der Waals surface area contributed by atoms with Crippen molar-refractivity contribution in [1.82, 2.24) is 10.3 Å². The first kappa shape index (κ1) is 12.1. The fourth-order valence-corrected chi connectivity index (χ4v) is 0.930. The average Bonchev–Trinajstić information content (AvgIpc) is 2.27. The molecule has 0 saturated carbocycles. The molecular weight excluding hydrogens is 228 g/mol. The number of thiocarbonyl (C=S) groups is 1. The molecule has 0 fully saturated rings. The molecule has 0 aliphatic heterocycles. The van der Waals surface area contributed by atoms with E-state index < -0.39 is 11.8 Å². The highest BCUT2D eigenvalue weighted by Gasteiger charge is 2.13. The van der Waals surface area contributed by atoms with E-state index in [1.165, 1.54) is 6.20 Å². The van der Waals surface area contributed by atoms with Crippen molar-refractivity contribution in [2.24, 2.45) is 5.73 Å². The number of nitrogens with zero attached hydrogens (tertiary/aromatic N) is 1. The van der Waals surface area contributed by atoms with E-state index in [1.54, 1.807) is 18.2 Å². The molecule has 6 nitrogen and oxygen atoms in total. The van der Waals surface area contributed by atoms with Gasteiger partial charge in [0, 0.05) is 6.20 Å². The number of carbonyl (C=O) groups excluding carboxylic acids is 2. The van der Waals surface area contributed by atoms with Gasteiger partial charge in [0.05, 0.1) is 11.5 Å². The van der Waals surface area contributed by atoms with Crippen molar-refractivity contribution in [3.8, 4) is 0 Å². The van der Waals surface area contributed by atoms with E-state index in [2.05, 4.69) is 27.8 Å². The Hall–Kier alpha value is -2.02. The number of aromatic nitrogens is 1. The van der Waals surface area contributed by atoms with Gasteiger partial charge >= 0.3 is 11.8 Å². The van der Waals surface area contributed by atoms with Crippen molar-refractivity contribution in [1.29, 1.82) is 0 Å². The lowest BCUT2D eigenvalue weighted by Crippen LogP contribution is -2.39. The summed E-state index contributed by atoms with van der Waals surface area (Å²) in [6.07, 6.45) is 1.50. The smallest absolute Gasteiger partial charge is 0.314 e. The lowest BCUT2D eigenvalue weighted by Gasteiger charge is -2.04. The molecule has 0 saturated heterocycles. The summed E-state index contributed by atoms with van der Waals surface area (Å²) in [5.74, 6) is -1.31. The monoisotopic (exact) mass is 238 g/mol. The summed E-state index contributed by atoms with van der Waals surface area (Å²) >= 11 is 4.55. The third kappa shape index (κ3) is 4.01. The summed E-state index contributed by atoms with van der Waals surface area (Å²) in [6.45, 7) is -0.0101. The number of anilines is 1. The molecule has 0 atom stereocenters. The van der Waals surface area contributed by atoms with Gasteiger partial charge in [-0.2, -0.15) is 0 Å². The Balaban J connectivity index is 2.46. The molecule has 7 heteroatoms. The van der Waals surface area contributed by atoms with E-state index in [-0.39, 0.29) is 11.5 Å². The molecule has 0 spiro atoms. The van der Waals surface area contributed by atoms with Crippen LogP contribution >= 0.6 is 12.2 Å². The van der Waals surface area contributed by atoms with Crippen LogP contribution in [0.3, 0.4) is 0 Å². The molecule has 0 aliphatic rings. The van der Waals surface area contributed by atoms with Crippen LogP contribution in [0.2, 0.25) is 0 Å². The molecule has 84 valence electrons. The predicted octanol–water partition coefficient (Wildman–Crippen LogP) is -0.578. The Morgan fingerprint density at radius 1 is 1.38 bits per heavy atom. The van der Waals surface area contributed by atoms with Gasteiger partial charge in [-0.3, -0.25) is 9.59 Å². The molecule has 16 heavy (non-hydrogen) atoms. The fourth-order valence-electron chi connectivity index (χ4n) is 0.857. The van der Waals surface area contributed by atoms with E-state index in [4.69, 9.17) is 5.73 Å². The van der Waals surface area contributed by atoms with Gasteiger partial charge in [0.15, 0.2) is 0 Å². The Kier molecular flexibility index (Phi) is 4.34. The van der Waals surface area contributed by atoms with Crippen molar-refractivity contribution in [3.63, 3.8) is 0 Å². The first-order valence-electron chi connectivity index (χ1n) is 4.38. The van der Waals surface area contributed by atoms with E-state index in [0.29, 0.717) is 5.82 Å². The van der Waals surface area contributed by atoms with Gasteiger partial charge in [-0.15, -0.1) is 0 Å². The Bertz CT molecular complexity index is 407. The van der Waals surface area contributed by atoms with E-state index in [9.17, 15) is 9.59 Å². The first-order valence-corrected chi connectivity index (χ1v) is 4.79. The molecule has 0 bridgehead atoms. The molecule has 1 aromatic rings. The number of carbonyl (C=O) groups is 2. The minimum atomic E-state index is -0.810. The molecule has 4 N–H and O–H groups in total. The number of pyridine rings is 1. The van der Waals surface area contributed by atoms with E-state index in [1.807, 2.05) is 0 Å². The highest BCUT2D eigenvalue weighted by Crippen LogP contribution is 1.98. The maximum Gasteiger partial charge on any atom is 0.314 e. The van der Waals surface area contributed by atoms with E-state index in [0.717, 1.165) is 0 Å². The van der Waals surface area contributed by atoms with E-state index >= 15 is 0 Å². The van der Waals surface area contributed by atoms with Crippen LogP contribution in [0.25, 0.3) is 0 Å². The Morgan fingerprint density at radius 2 is 2.12 bits per heavy atom. The summed E-state index contributed by atoms with van der Waals surface area (Å²) in [5.41, 5.74) is 5.17. The lowest BCUT2D eigenvalue weighted by molar-refractivity contribution is -0.136. The molecule has 1 heterocycles. The molecular formula is C9H10N4O2S. The normalized spacial score (nSPS) is 9.25. The quantitative estimate of drug-likeness (QED) is 0.483. The SMILES string of the molecule is NC(=S)CNC(=O)C(=O)Nc1ccccn1.